The van der Waals surface area contributed by atoms with Gasteiger partial charge in [-0.05, 0) is 41.6 Å². The predicted octanol–water partition coefficient (Wildman–Crippen LogP) is 8.05. The zero-order chi connectivity index (χ0) is 29.0. The Bertz CT molecular complexity index is 1410. The molecule has 0 aliphatic carbocycles. The van der Waals surface area contributed by atoms with Gasteiger partial charge in [-0.25, -0.2) is 9.78 Å². The summed E-state index contributed by atoms with van der Waals surface area (Å²) in [5.74, 6) is -0.990. The van der Waals surface area contributed by atoms with Crippen LogP contribution in [0.1, 0.15) is 27.2 Å². The first-order valence-electron chi connectivity index (χ1n) is 10.6. The number of carboxylic acids is 1. The Hall–Kier alpha value is -3.73. The number of aromatic carboxylic acids is 1. The molecular weight excluding hydrogens is 738 g/mol. The predicted molar refractivity (Wildman–Crippen MR) is 120 cm³/mol. The van der Waals surface area contributed by atoms with Crippen molar-refractivity contribution in [3.63, 3.8) is 0 Å². The molecule has 40 heavy (non-hydrogen) atoms. The molecule has 2 heterocycles. The Morgan fingerprint density at radius 2 is 1.27 bits per heavy atom. The van der Waals surface area contributed by atoms with Crippen LogP contribution < -0.4 is 0 Å². The SMILES string of the molecule is FC(F)(F)c1cc(C(F)(F)F)c(-c2ccc[c-]c2-c2ccccn2)c(C(F)(F)F)c1.O=C(O)c1ccccn1.[Pt]. The third kappa shape index (κ3) is 7.90. The Morgan fingerprint density at radius 3 is 1.68 bits per heavy atom. The molecule has 0 aliphatic rings. The first kappa shape index (κ1) is 32.5. The molecule has 1 N–H and O–H groups in total. The van der Waals surface area contributed by atoms with Crippen LogP contribution in [-0.2, 0) is 39.6 Å². The third-order valence-corrected chi connectivity index (χ3v) is 5.01. The molecule has 0 saturated carbocycles. The molecule has 0 spiro atoms. The van der Waals surface area contributed by atoms with Gasteiger partial charge in [0.2, 0.25) is 0 Å². The van der Waals surface area contributed by atoms with Gasteiger partial charge in [-0.3, -0.25) is 0 Å². The second-order valence-corrected chi connectivity index (χ2v) is 7.63. The minimum absolute atomic E-state index is 0. The smallest absolute Gasteiger partial charge is 0.416 e. The Kier molecular flexibility index (Phi) is 10.3. The Balaban J connectivity index is 0.000000477. The summed E-state index contributed by atoms with van der Waals surface area (Å²) in [5, 5.41) is 8.32. The second-order valence-electron chi connectivity index (χ2n) is 7.63. The average molecular weight is 752 g/mol. The van der Waals surface area contributed by atoms with E-state index in [9.17, 15) is 44.3 Å². The molecule has 0 atom stereocenters. The van der Waals surface area contributed by atoms with E-state index in [0.29, 0.717) is 0 Å². The number of hydrogen-bond donors (Lipinski definition) is 1. The van der Waals surface area contributed by atoms with Crippen molar-refractivity contribution in [2.75, 3.05) is 0 Å². The van der Waals surface area contributed by atoms with Gasteiger partial charge in [0.15, 0.2) is 0 Å². The van der Waals surface area contributed by atoms with Crippen molar-refractivity contribution in [3.8, 4) is 22.4 Å². The minimum Gasteiger partial charge on any atom is -0.477 e. The van der Waals surface area contributed by atoms with Crippen LogP contribution in [0.4, 0.5) is 39.5 Å². The maximum Gasteiger partial charge on any atom is 0.416 e. The summed E-state index contributed by atoms with van der Waals surface area (Å²) in [6.45, 7) is 0. The molecule has 0 aliphatic heterocycles. The number of aromatic nitrogens is 2. The van der Waals surface area contributed by atoms with Crippen molar-refractivity contribution >= 4 is 5.97 Å². The fourth-order valence-corrected chi connectivity index (χ4v) is 3.40. The van der Waals surface area contributed by atoms with Crippen LogP contribution in [0.2, 0.25) is 0 Å². The molecule has 2 aromatic heterocycles. The van der Waals surface area contributed by atoms with E-state index in [2.05, 4.69) is 16.0 Å². The van der Waals surface area contributed by atoms with Crippen LogP contribution in [0.3, 0.4) is 0 Å². The van der Waals surface area contributed by atoms with Crippen LogP contribution in [0.5, 0.6) is 0 Å². The Labute approximate surface area is 234 Å². The van der Waals surface area contributed by atoms with Crippen molar-refractivity contribution in [1.29, 1.82) is 0 Å². The van der Waals surface area contributed by atoms with Crippen LogP contribution >= 0.6 is 0 Å². The monoisotopic (exact) mass is 752 g/mol. The molecule has 0 fully saturated rings. The first-order chi connectivity index (χ1) is 18.1. The number of pyridine rings is 2. The quantitative estimate of drug-likeness (QED) is 0.170. The van der Waals surface area contributed by atoms with Gasteiger partial charge in [-0.2, -0.15) is 39.5 Å². The molecule has 0 amide bonds. The van der Waals surface area contributed by atoms with Gasteiger partial charge in [0.25, 0.3) is 0 Å². The van der Waals surface area contributed by atoms with Crippen LogP contribution in [0, 0.1) is 6.07 Å². The zero-order valence-electron chi connectivity index (χ0n) is 19.5. The van der Waals surface area contributed by atoms with Crippen LogP contribution in [-0.4, -0.2) is 21.0 Å². The average Bonchev–Trinajstić information content (AvgIpc) is 2.88. The summed E-state index contributed by atoms with van der Waals surface area (Å²) in [7, 11) is 0. The maximum atomic E-state index is 13.6. The second kappa shape index (κ2) is 12.6. The van der Waals surface area contributed by atoms with Crippen molar-refractivity contribution in [3.05, 3.63) is 108 Å². The van der Waals surface area contributed by atoms with Crippen molar-refractivity contribution < 1.29 is 70.5 Å². The largest absolute Gasteiger partial charge is 0.477 e. The summed E-state index contributed by atoms with van der Waals surface area (Å²) in [4.78, 5) is 17.6. The standard InChI is InChI=1S/C20H9F9N.C6H5NO2.Pt/c21-18(22,23)11-9-14(19(24,25)26)17(15(10-11)20(27,28)29)13-6-2-1-5-12(13)16-7-3-4-8-30-16;8-6(9)5-3-1-2-4-7-5;/h1-4,6-10H;1-4H,(H,8,9);/q-1;;. The van der Waals surface area contributed by atoms with Gasteiger partial charge in [0.1, 0.15) is 5.69 Å². The molecule has 4 rings (SSSR count). The van der Waals surface area contributed by atoms with Gasteiger partial charge in [-0.1, -0.05) is 23.8 Å². The van der Waals surface area contributed by atoms with Gasteiger partial charge in [0, 0.05) is 33.5 Å². The topological polar surface area (TPSA) is 63.1 Å². The third-order valence-electron chi connectivity index (χ3n) is 5.01. The van der Waals surface area contributed by atoms with E-state index in [1.165, 1.54) is 42.7 Å². The molecule has 0 bridgehead atoms. The molecule has 4 aromatic rings. The number of alkyl halides is 9. The van der Waals surface area contributed by atoms with E-state index in [1.807, 2.05) is 0 Å². The van der Waals surface area contributed by atoms with Gasteiger partial charge in [0.05, 0.1) is 16.7 Å². The molecule has 0 radical (unpaired) electrons. The Morgan fingerprint density at radius 1 is 0.725 bits per heavy atom. The van der Waals surface area contributed by atoms with Crippen LogP contribution in [0.25, 0.3) is 22.4 Å². The fourth-order valence-electron chi connectivity index (χ4n) is 3.40. The molecule has 0 unspecified atom stereocenters. The number of nitrogens with zero attached hydrogens (tertiary/aromatic N) is 2. The number of carbonyl (C=O) groups is 1. The molecule has 14 heteroatoms. The minimum atomic E-state index is -5.49. The maximum absolute atomic E-state index is 13.6. The van der Waals surface area contributed by atoms with E-state index in [0.717, 1.165) is 12.1 Å². The normalized spacial score (nSPS) is 11.6. The number of halogens is 9. The molecular formula is C26H14F9N2O2Pt-. The summed E-state index contributed by atoms with van der Waals surface area (Å²) in [5.41, 5.74) is -8.29. The summed E-state index contributed by atoms with van der Waals surface area (Å²) in [6.07, 6.45) is -13.7. The number of rotatable bonds is 3. The van der Waals surface area contributed by atoms with E-state index in [-0.39, 0.29) is 50.1 Å². The van der Waals surface area contributed by atoms with Gasteiger partial charge in [-0.15, -0.1) is 29.8 Å². The van der Waals surface area contributed by atoms with E-state index >= 15 is 0 Å². The molecule has 4 nitrogen and oxygen atoms in total. The zero-order valence-corrected chi connectivity index (χ0v) is 21.7. The summed E-state index contributed by atoms with van der Waals surface area (Å²) < 4.78 is 121. The summed E-state index contributed by atoms with van der Waals surface area (Å²) >= 11 is 0. The first-order valence-corrected chi connectivity index (χ1v) is 10.6. The van der Waals surface area contributed by atoms with Crippen LogP contribution in [0.15, 0.2) is 79.1 Å². The molecule has 214 valence electrons. The van der Waals surface area contributed by atoms with Crippen molar-refractivity contribution in [1.82, 2.24) is 9.97 Å². The number of carboxylic acid groups (broad SMARTS) is 1. The number of benzene rings is 2. The van der Waals surface area contributed by atoms with Gasteiger partial charge >= 0.3 is 24.5 Å². The summed E-state index contributed by atoms with van der Waals surface area (Å²) in [6, 6.07) is 14.3. The van der Waals surface area contributed by atoms with E-state index in [1.54, 1.807) is 12.1 Å². The van der Waals surface area contributed by atoms with Gasteiger partial charge < -0.3 is 10.1 Å². The molecule has 0 saturated heterocycles. The number of hydrogen-bond acceptors (Lipinski definition) is 3. The van der Waals surface area contributed by atoms with E-state index < -0.39 is 52.3 Å². The van der Waals surface area contributed by atoms with Crippen molar-refractivity contribution in [2.24, 2.45) is 0 Å². The van der Waals surface area contributed by atoms with E-state index in [4.69, 9.17) is 5.11 Å². The van der Waals surface area contributed by atoms with Crippen molar-refractivity contribution in [2.45, 2.75) is 18.5 Å². The fraction of sp³-hybridized carbons (Fsp3) is 0.115. The molecule has 2 aromatic carbocycles.